The summed E-state index contributed by atoms with van der Waals surface area (Å²) in [6, 6.07) is 0. The summed E-state index contributed by atoms with van der Waals surface area (Å²) in [4.78, 5) is 2.59. The molecule has 0 bridgehead atoms. The summed E-state index contributed by atoms with van der Waals surface area (Å²) in [5.74, 6) is 1.22. The third-order valence-electron chi connectivity index (χ3n) is 3.23. The molecule has 2 unspecified atom stereocenters. The van der Waals surface area contributed by atoms with Crippen LogP contribution in [0.3, 0.4) is 0 Å². The highest BCUT2D eigenvalue weighted by molar-refractivity contribution is 8.00. The van der Waals surface area contributed by atoms with Crippen LogP contribution >= 0.6 is 11.8 Å². The van der Waals surface area contributed by atoms with Crippen LogP contribution in [-0.2, 0) is 0 Å². The third kappa shape index (κ3) is 2.44. The molecule has 3 heteroatoms. The van der Waals surface area contributed by atoms with Crippen molar-refractivity contribution in [1.29, 1.82) is 0 Å². The first-order chi connectivity index (χ1) is 6.68. The first-order valence-corrected chi connectivity index (χ1v) is 6.80. The molecular weight excluding hydrogens is 192 g/mol. The van der Waals surface area contributed by atoms with Gasteiger partial charge in [-0.2, -0.15) is 11.8 Å². The van der Waals surface area contributed by atoms with E-state index in [9.17, 15) is 0 Å². The summed E-state index contributed by atoms with van der Waals surface area (Å²) in [5.41, 5.74) is 6.28. The summed E-state index contributed by atoms with van der Waals surface area (Å²) in [7, 11) is 0. The van der Waals surface area contributed by atoms with E-state index >= 15 is 0 Å². The van der Waals surface area contributed by atoms with Crippen LogP contribution in [0.15, 0.2) is 0 Å². The average Bonchev–Trinajstić information content (AvgIpc) is 2.57. The lowest BCUT2D eigenvalue weighted by atomic mass is 9.93. The van der Waals surface area contributed by atoms with E-state index in [1.54, 1.807) is 0 Å². The van der Waals surface area contributed by atoms with Crippen molar-refractivity contribution in [2.75, 3.05) is 25.4 Å². The van der Waals surface area contributed by atoms with Crippen molar-refractivity contribution in [3.63, 3.8) is 0 Å². The lowest BCUT2D eigenvalue weighted by Gasteiger charge is -2.39. The molecular formula is C11H24N2S. The van der Waals surface area contributed by atoms with Gasteiger partial charge in [-0.1, -0.05) is 20.8 Å². The summed E-state index contributed by atoms with van der Waals surface area (Å²) >= 11 is 2.08. The molecule has 0 spiro atoms. The van der Waals surface area contributed by atoms with Gasteiger partial charge < -0.3 is 5.73 Å². The van der Waals surface area contributed by atoms with Gasteiger partial charge >= 0.3 is 0 Å². The van der Waals surface area contributed by atoms with Gasteiger partial charge in [0.25, 0.3) is 0 Å². The first-order valence-electron chi connectivity index (χ1n) is 5.75. The van der Waals surface area contributed by atoms with E-state index in [1.165, 1.54) is 25.1 Å². The van der Waals surface area contributed by atoms with Crippen molar-refractivity contribution in [3.05, 3.63) is 0 Å². The number of hydrogen-bond donors (Lipinski definition) is 1. The van der Waals surface area contributed by atoms with Crippen LogP contribution in [0.4, 0.5) is 0 Å². The number of likely N-dealkylation sites (N-methyl/N-ethyl adjacent to an activating group) is 1. The normalized spacial score (nSPS) is 32.8. The molecule has 0 saturated carbocycles. The lowest BCUT2D eigenvalue weighted by Crippen LogP contribution is -2.54. The van der Waals surface area contributed by atoms with Gasteiger partial charge in [0.2, 0.25) is 0 Å². The molecule has 2 atom stereocenters. The number of nitrogens with two attached hydrogens (primary N) is 1. The SMILES string of the molecule is CCCN(CC)C1(CN)CSC(C)C1. The van der Waals surface area contributed by atoms with E-state index in [1.807, 2.05) is 0 Å². The molecule has 1 rings (SSSR count). The zero-order valence-corrected chi connectivity index (χ0v) is 10.6. The van der Waals surface area contributed by atoms with Crippen LogP contribution in [0.1, 0.15) is 33.6 Å². The summed E-state index contributed by atoms with van der Waals surface area (Å²) in [6.45, 7) is 9.97. The molecule has 2 nitrogen and oxygen atoms in total. The number of thioether (sulfide) groups is 1. The summed E-state index contributed by atoms with van der Waals surface area (Å²) < 4.78 is 0. The van der Waals surface area contributed by atoms with Crippen molar-refractivity contribution in [2.24, 2.45) is 5.73 Å². The Morgan fingerprint density at radius 2 is 2.21 bits per heavy atom. The molecule has 1 heterocycles. The second-order valence-corrected chi connectivity index (χ2v) is 5.76. The van der Waals surface area contributed by atoms with Crippen LogP contribution in [0.5, 0.6) is 0 Å². The van der Waals surface area contributed by atoms with Gasteiger partial charge in [0.1, 0.15) is 0 Å². The van der Waals surface area contributed by atoms with E-state index in [2.05, 4.69) is 37.4 Å². The second kappa shape index (κ2) is 5.38. The quantitative estimate of drug-likeness (QED) is 0.761. The molecule has 1 saturated heterocycles. The van der Waals surface area contributed by atoms with E-state index in [-0.39, 0.29) is 0 Å². The number of nitrogens with zero attached hydrogens (tertiary/aromatic N) is 1. The minimum atomic E-state index is 0.300. The average molecular weight is 216 g/mol. The van der Waals surface area contributed by atoms with Crippen LogP contribution in [0, 0.1) is 0 Å². The highest BCUT2D eigenvalue weighted by Crippen LogP contribution is 2.37. The Hall–Kier alpha value is 0.270. The molecule has 84 valence electrons. The van der Waals surface area contributed by atoms with Gasteiger partial charge in [-0.25, -0.2) is 0 Å². The molecule has 1 aliphatic rings. The topological polar surface area (TPSA) is 29.3 Å². The minimum Gasteiger partial charge on any atom is -0.329 e. The van der Waals surface area contributed by atoms with Crippen molar-refractivity contribution >= 4 is 11.8 Å². The van der Waals surface area contributed by atoms with Gasteiger partial charge in [0, 0.05) is 23.1 Å². The molecule has 1 fully saturated rings. The fraction of sp³-hybridized carbons (Fsp3) is 1.00. The fourth-order valence-electron chi connectivity index (χ4n) is 2.44. The van der Waals surface area contributed by atoms with Crippen LogP contribution in [0.2, 0.25) is 0 Å². The Kier molecular flexibility index (Phi) is 4.74. The molecule has 2 N–H and O–H groups in total. The highest BCUT2D eigenvalue weighted by atomic mass is 32.2. The maximum absolute atomic E-state index is 5.98. The highest BCUT2D eigenvalue weighted by Gasteiger charge is 2.40. The summed E-state index contributed by atoms with van der Waals surface area (Å²) in [6.07, 6.45) is 2.50. The van der Waals surface area contributed by atoms with E-state index in [0.717, 1.165) is 18.3 Å². The Balaban J connectivity index is 2.66. The zero-order valence-electron chi connectivity index (χ0n) is 9.75. The second-order valence-electron chi connectivity index (χ2n) is 4.33. The van der Waals surface area contributed by atoms with Crippen molar-refractivity contribution in [3.8, 4) is 0 Å². The van der Waals surface area contributed by atoms with Gasteiger partial charge in [-0.3, -0.25) is 4.90 Å². The van der Waals surface area contributed by atoms with E-state index < -0.39 is 0 Å². The molecule has 0 aliphatic carbocycles. The van der Waals surface area contributed by atoms with E-state index in [4.69, 9.17) is 5.73 Å². The minimum absolute atomic E-state index is 0.300. The Bertz CT molecular complexity index is 175. The molecule has 0 aromatic heterocycles. The van der Waals surface area contributed by atoms with Gasteiger partial charge in [0.15, 0.2) is 0 Å². The maximum Gasteiger partial charge on any atom is 0.0432 e. The van der Waals surface area contributed by atoms with Gasteiger partial charge in [0.05, 0.1) is 0 Å². The predicted octanol–water partition coefficient (Wildman–Crippen LogP) is 1.94. The number of hydrogen-bond acceptors (Lipinski definition) is 3. The van der Waals surface area contributed by atoms with Crippen LogP contribution < -0.4 is 5.73 Å². The molecule has 0 amide bonds. The Morgan fingerprint density at radius 1 is 1.50 bits per heavy atom. The Labute approximate surface area is 92.6 Å². The standard InChI is InChI=1S/C11H24N2S/c1-4-6-13(5-2)11(8-12)7-10(3)14-9-11/h10H,4-9,12H2,1-3H3. The van der Waals surface area contributed by atoms with Gasteiger partial charge in [-0.05, 0) is 25.9 Å². The molecule has 1 aliphatic heterocycles. The van der Waals surface area contributed by atoms with Crippen molar-refractivity contribution < 1.29 is 0 Å². The molecule has 0 radical (unpaired) electrons. The van der Waals surface area contributed by atoms with E-state index in [0.29, 0.717) is 5.54 Å². The first kappa shape index (κ1) is 12.3. The maximum atomic E-state index is 5.98. The monoisotopic (exact) mass is 216 g/mol. The van der Waals surface area contributed by atoms with Crippen LogP contribution in [-0.4, -0.2) is 41.1 Å². The summed E-state index contributed by atoms with van der Waals surface area (Å²) in [5, 5.41) is 0.782. The van der Waals surface area contributed by atoms with Gasteiger partial charge in [-0.15, -0.1) is 0 Å². The fourth-order valence-corrected chi connectivity index (χ4v) is 3.88. The largest absolute Gasteiger partial charge is 0.329 e. The van der Waals surface area contributed by atoms with Crippen molar-refractivity contribution in [2.45, 2.75) is 44.4 Å². The smallest absolute Gasteiger partial charge is 0.0432 e. The molecule has 0 aromatic carbocycles. The third-order valence-corrected chi connectivity index (χ3v) is 4.67. The van der Waals surface area contributed by atoms with Crippen molar-refractivity contribution in [1.82, 2.24) is 4.90 Å². The lowest BCUT2D eigenvalue weighted by molar-refractivity contribution is 0.119. The van der Waals surface area contributed by atoms with Crippen LogP contribution in [0.25, 0.3) is 0 Å². The molecule has 14 heavy (non-hydrogen) atoms. The number of rotatable bonds is 5. The molecule has 0 aromatic rings. The zero-order chi connectivity index (χ0) is 10.6. The predicted molar refractivity (Wildman–Crippen MR) is 65.9 cm³/mol. The Morgan fingerprint density at radius 3 is 2.57 bits per heavy atom.